The first-order valence-electron chi connectivity index (χ1n) is 6.47. The lowest BCUT2D eigenvalue weighted by Crippen LogP contribution is -2.55. The number of nitro groups is 1. The fourth-order valence-corrected chi connectivity index (χ4v) is 2.43. The summed E-state index contributed by atoms with van der Waals surface area (Å²) in [5, 5.41) is 14.2. The van der Waals surface area contributed by atoms with Crippen molar-refractivity contribution in [3.63, 3.8) is 0 Å². The van der Waals surface area contributed by atoms with Crippen LogP contribution >= 0.6 is 0 Å². The number of nitrogens with one attached hydrogen (secondary N) is 1. The number of aryl methyl sites for hydroxylation is 1. The van der Waals surface area contributed by atoms with Gasteiger partial charge in [0.1, 0.15) is 5.82 Å². The molecule has 110 valence electrons. The van der Waals surface area contributed by atoms with Crippen molar-refractivity contribution in [3.05, 3.63) is 46.5 Å². The lowest BCUT2D eigenvalue weighted by Gasteiger charge is -2.40. The van der Waals surface area contributed by atoms with Crippen molar-refractivity contribution in [3.8, 4) is 0 Å². The highest BCUT2D eigenvalue weighted by Crippen LogP contribution is 2.30. The third kappa shape index (κ3) is 2.51. The molecule has 0 unspecified atom stereocenters. The minimum atomic E-state index is -0.476. The minimum Gasteiger partial charge on any atom is -0.379 e. The highest BCUT2D eigenvalue weighted by Gasteiger charge is 2.34. The van der Waals surface area contributed by atoms with Gasteiger partial charge in [-0.3, -0.25) is 4.57 Å². The molecule has 0 spiro atoms. The number of imidazole rings is 1. The van der Waals surface area contributed by atoms with Crippen LogP contribution in [0.2, 0.25) is 0 Å². The van der Waals surface area contributed by atoms with Crippen LogP contribution in [0.4, 0.5) is 21.7 Å². The van der Waals surface area contributed by atoms with Gasteiger partial charge >= 0.3 is 5.82 Å². The molecule has 8 heteroatoms. The molecule has 1 aliphatic heterocycles. The Bertz CT molecular complexity index is 664. The molecule has 0 aliphatic carbocycles. The number of aromatic nitrogens is 2. The predicted octanol–water partition coefficient (Wildman–Crippen LogP) is 1.77. The lowest BCUT2D eigenvalue weighted by atomic mass is 10.1. The molecule has 0 bridgehead atoms. The van der Waals surface area contributed by atoms with Crippen molar-refractivity contribution in [2.75, 3.05) is 23.3 Å². The molecule has 1 saturated heterocycles. The average molecular weight is 291 g/mol. The van der Waals surface area contributed by atoms with Gasteiger partial charge in [-0.15, -0.1) is 0 Å². The molecule has 1 fully saturated rings. The highest BCUT2D eigenvalue weighted by atomic mass is 19.1. The van der Waals surface area contributed by atoms with Crippen LogP contribution in [0, 0.1) is 15.9 Å². The Morgan fingerprint density at radius 2 is 2.05 bits per heavy atom. The summed E-state index contributed by atoms with van der Waals surface area (Å²) >= 11 is 0. The second-order valence-electron chi connectivity index (χ2n) is 5.01. The van der Waals surface area contributed by atoms with E-state index in [1.807, 2.05) is 4.90 Å². The Morgan fingerprint density at radius 1 is 1.38 bits per heavy atom. The largest absolute Gasteiger partial charge is 0.406 e. The van der Waals surface area contributed by atoms with E-state index in [2.05, 4.69) is 10.3 Å². The maximum atomic E-state index is 12.8. The van der Waals surface area contributed by atoms with E-state index < -0.39 is 4.92 Å². The number of anilines is 2. The van der Waals surface area contributed by atoms with Gasteiger partial charge in [-0.2, -0.15) is 0 Å². The first kappa shape index (κ1) is 13.3. The van der Waals surface area contributed by atoms with Gasteiger partial charge < -0.3 is 20.3 Å². The maximum Gasteiger partial charge on any atom is 0.406 e. The van der Waals surface area contributed by atoms with E-state index in [1.165, 1.54) is 18.5 Å². The smallest absolute Gasteiger partial charge is 0.379 e. The van der Waals surface area contributed by atoms with Gasteiger partial charge in [0.25, 0.3) is 0 Å². The Hall–Kier alpha value is -2.64. The monoisotopic (exact) mass is 291 g/mol. The molecular formula is C13H14FN5O2. The SMILES string of the molecule is Cn1cnc([N+](=O)[O-])c1N1CC(Nc2ccc(F)cc2)C1. The van der Waals surface area contributed by atoms with E-state index in [1.54, 1.807) is 23.7 Å². The predicted molar refractivity (Wildman–Crippen MR) is 75.9 cm³/mol. The van der Waals surface area contributed by atoms with Gasteiger partial charge in [0.15, 0.2) is 0 Å². The third-order valence-electron chi connectivity index (χ3n) is 3.46. The van der Waals surface area contributed by atoms with Crippen molar-refractivity contribution in [1.82, 2.24) is 9.55 Å². The van der Waals surface area contributed by atoms with Crippen LogP contribution < -0.4 is 10.2 Å². The molecule has 0 amide bonds. The maximum absolute atomic E-state index is 12.8. The van der Waals surface area contributed by atoms with Gasteiger partial charge in [0.05, 0.1) is 6.04 Å². The Labute approximate surface area is 120 Å². The summed E-state index contributed by atoms with van der Waals surface area (Å²) in [6.45, 7) is 1.27. The third-order valence-corrected chi connectivity index (χ3v) is 3.46. The van der Waals surface area contributed by atoms with Crippen molar-refractivity contribution in [1.29, 1.82) is 0 Å². The van der Waals surface area contributed by atoms with Crippen molar-refractivity contribution in [2.45, 2.75) is 6.04 Å². The van der Waals surface area contributed by atoms with Crippen LogP contribution in [0.5, 0.6) is 0 Å². The fraction of sp³-hybridized carbons (Fsp3) is 0.308. The van der Waals surface area contributed by atoms with Crippen molar-refractivity contribution >= 4 is 17.3 Å². The van der Waals surface area contributed by atoms with E-state index in [0.29, 0.717) is 18.9 Å². The molecule has 3 rings (SSSR count). The zero-order valence-corrected chi connectivity index (χ0v) is 11.4. The summed E-state index contributed by atoms with van der Waals surface area (Å²) < 4.78 is 14.5. The molecular weight excluding hydrogens is 277 g/mol. The molecule has 1 aromatic carbocycles. The van der Waals surface area contributed by atoms with Gasteiger partial charge in [-0.25, -0.2) is 4.39 Å². The lowest BCUT2D eigenvalue weighted by molar-refractivity contribution is -0.388. The Kier molecular flexibility index (Phi) is 3.20. The molecule has 2 aromatic rings. The van der Waals surface area contributed by atoms with E-state index in [9.17, 15) is 14.5 Å². The number of nitrogens with zero attached hydrogens (tertiary/aromatic N) is 4. The number of hydrogen-bond acceptors (Lipinski definition) is 5. The quantitative estimate of drug-likeness (QED) is 0.686. The van der Waals surface area contributed by atoms with Crippen LogP contribution in [0.1, 0.15) is 0 Å². The minimum absolute atomic E-state index is 0.127. The molecule has 0 saturated carbocycles. The van der Waals surface area contributed by atoms with Crippen LogP contribution in [-0.2, 0) is 7.05 Å². The molecule has 0 radical (unpaired) electrons. The first-order valence-corrected chi connectivity index (χ1v) is 6.47. The van der Waals surface area contributed by atoms with Crippen LogP contribution in [0.3, 0.4) is 0 Å². The van der Waals surface area contributed by atoms with E-state index >= 15 is 0 Å². The first-order chi connectivity index (χ1) is 10.0. The second kappa shape index (κ2) is 5.04. The van der Waals surface area contributed by atoms with Gasteiger partial charge in [-0.05, 0) is 34.2 Å². The molecule has 21 heavy (non-hydrogen) atoms. The van der Waals surface area contributed by atoms with Crippen LogP contribution in [0.25, 0.3) is 0 Å². The Balaban J connectivity index is 1.64. The second-order valence-corrected chi connectivity index (χ2v) is 5.01. The van der Waals surface area contributed by atoms with Gasteiger partial charge in [0.2, 0.25) is 12.1 Å². The Morgan fingerprint density at radius 3 is 2.67 bits per heavy atom. The molecule has 1 aromatic heterocycles. The molecule has 7 nitrogen and oxygen atoms in total. The molecule has 0 atom stereocenters. The van der Waals surface area contributed by atoms with Crippen LogP contribution in [-0.4, -0.2) is 33.6 Å². The van der Waals surface area contributed by atoms with Crippen LogP contribution in [0.15, 0.2) is 30.6 Å². The van der Waals surface area contributed by atoms with E-state index in [0.717, 1.165) is 5.69 Å². The van der Waals surface area contributed by atoms with Gasteiger partial charge in [-0.1, -0.05) is 0 Å². The zero-order chi connectivity index (χ0) is 15.0. The summed E-state index contributed by atoms with van der Waals surface area (Å²) in [4.78, 5) is 16.2. The molecule has 2 heterocycles. The summed E-state index contributed by atoms with van der Waals surface area (Å²) in [5.41, 5.74) is 0.834. The number of hydrogen-bond donors (Lipinski definition) is 1. The van der Waals surface area contributed by atoms with E-state index in [4.69, 9.17) is 0 Å². The topological polar surface area (TPSA) is 76.2 Å². The fourth-order valence-electron chi connectivity index (χ4n) is 2.43. The van der Waals surface area contributed by atoms with Gasteiger partial charge in [0, 0.05) is 25.8 Å². The normalized spacial score (nSPS) is 14.9. The highest BCUT2D eigenvalue weighted by molar-refractivity contribution is 5.58. The van der Waals surface area contributed by atoms with Crippen molar-refractivity contribution in [2.24, 2.45) is 7.05 Å². The number of benzene rings is 1. The standard InChI is InChI=1S/C13H14FN5O2/c1-17-8-15-12(19(20)21)13(17)18-6-11(7-18)16-10-4-2-9(14)3-5-10/h2-5,8,11,16H,6-7H2,1H3. The zero-order valence-electron chi connectivity index (χ0n) is 11.4. The summed E-state index contributed by atoms with van der Waals surface area (Å²) in [6.07, 6.45) is 1.44. The average Bonchev–Trinajstić information content (AvgIpc) is 2.77. The summed E-state index contributed by atoms with van der Waals surface area (Å²) in [6, 6.07) is 6.30. The number of rotatable bonds is 4. The summed E-state index contributed by atoms with van der Waals surface area (Å²) in [7, 11) is 1.73. The summed E-state index contributed by atoms with van der Waals surface area (Å²) in [5.74, 6) is 0.108. The van der Waals surface area contributed by atoms with Crippen molar-refractivity contribution < 1.29 is 9.31 Å². The van der Waals surface area contributed by atoms with E-state index in [-0.39, 0.29) is 17.7 Å². The molecule has 1 N–H and O–H groups in total. The molecule has 1 aliphatic rings. The number of halogens is 1.